The van der Waals surface area contributed by atoms with Gasteiger partial charge in [0.15, 0.2) is 0 Å². The van der Waals surface area contributed by atoms with Gasteiger partial charge in [-0.05, 0) is 55.3 Å². The van der Waals surface area contributed by atoms with Crippen LogP contribution in [0.3, 0.4) is 0 Å². The molecule has 160 valence electrons. The van der Waals surface area contributed by atoms with Crippen LogP contribution in [0.4, 0.5) is 0 Å². The lowest BCUT2D eigenvalue weighted by molar-refractivity contribution is 0.0842. The van der Waals surface area contributed by atoms with Crippen molar-refractivity contribution in [1.29, 1.82) is 0 Å². The number of amides is 1. The summed E-state index contributed by atoms with van der Waals surface area (Å²) in [5.41, 5.74) is 3.29. The zero-order valence-electron chi connectivity index (χ0n) is 17.6. The highest BCUT2D eigenvalue weighted by molar-refractivity contribution is 5.94. The minimum absolute atomic E-state index is 0.176. The second-order valence-electron chi connectivity index (χ2n) is 8.43. The summed E-state index contributed by atoms with van der Waals surface area (Å²) in [5.74, 6) is 0.613. The molecule has 2 heterocycles. The average Bonchev–Trinajstić information content (AvgIpc) is 3.17. The van der Waals surface area contributed by atoms with Gasteiger partial charge in [0.25, 0.3) is 5.91 Å². The summed E-state index contributed by atoms with van der Waals surface area (Å²) in [6.07, 6.45) is 1.65. The van der Waals surface area contributed by atoms with E-state index in [1.165, 1.54) is 11.1 Å². The number of aliphatic hydroxyl groups is 1. The molecule has 0 radical (unpaired) electrons. The van der Waals surface area contributed by atoms with E-state index in [0.29, 0.717) is 12.1 Å². The number of hydrogen-bond donors (Lipinski definition) is 2. The first kappa shape index (κ1) is 20.8. The molecule has 0 aliphatic carbocycles. The van der Waals surface area contributed by atoms with Crippen LogP contribution in [-0.4, -0.2) is 72.8 Å². The van der Waals surface area contributed by atoms with Crippen LogP contribution in [0.15, 0.2) is 48.5 Å². The Morgan fingerprint density at radius 2 is 1.93 bits per heavy atom. The molecule has 2 aromatic rings. The summed E-state index contributed by atoms with van der Waals surface area (Å²) >= 11 is 0. The van der Waals surface area contributed by atoms with Gasteiger partial charge in [-0.2, -0.15) is 0 Å². The molecule has 0 saturated carbocycles. The van der Waals surface area contributed by atoms with E-state index in [1.807, 2.05) is 12.1 Å². The number of rotatable bonds is 7. The van der Waals surface area contributed by atoms with Crippen molar-refractivity contribution in [3.8, 4) is 5.75 Å². The molecule has 0 aromatic heterocycles. The zero-order chi connectivity index (χ0) is 20.9. The summed E-state index contributed by atoms with van der Waals surface area (Å²) in [5, 5.41) is 13.2. The highest BCUT2D eigenvalue weighted by atomic mass is 16.5. The van der Waals surface area contributed by atoms with Gasteiger partial charge in [-0.25, -0.2) is 0 Å². The molecule has 6 nitrogen and oxygen atoms in total. The zero-order valence-corrected chi connectivity index (χ0v) is 17.6. The third-order valence-corrected chi connectivity index (χ3v) is 5.94. The number of ether oxygens (including phenoxy) is 1. The molecule has 2 aliphatic heterocycles. The van der Waals surface area contributed by atoms with Crippen molar-refractivity contribution in [2.24, 2.45) is 0 Å². The number of likely N-dealkylation sites (N-methyl/N-ethyl adjacent to an activating group) is 1. The molecule has 2 atom stereocenters. The van der Waals surface area contributed by atoms with Crippen molar-refractivity contribution >= 4 is 5.91 Å². The maximum absolute atomic E-state index is 12.4. The van der Waals surface area contributed by atoms with E-state index in [1.54, 1.807) is 12.1 Å². The number of likely N-dealkylation sites (tertiary alicyclic amines) is 1. The molecule has 1 saturated heterocycles. The van der Waals surface area contributed by atoms with E-state index in [2.05, 4.69) is 46.4 Å². The fraction of sp³-hybridized carbons (Fsp3) is 0.458. The molecular formula is C24H31N3O3. The van der Waals surface area contributed by atoms with Crippen molar-refractivity contribution in [2.45, 2.75) is 31.6 Å². The van der Waals surface area contributed by atoms with Gasteiger partial charge in [0.05, 0.1) is 6.10 Å². The molecular weight excluding hydrogens is 378 g/mol. The molecule has 2 aromatic carbocycles. The molecule has 1 fully saturated rings. The van der Waals surface area contributed by atoms with Crippen molar-refractivity contribution in [3.63, 3.8) is 0 Å². The number of hydrogen-bond acceptors (Lipinski definition) is 5. The highest BCUT2D eigenvalue weighted by Crippen LogP contribution is 2.19. The fourth-order valence-corrected chi connectivity index (χ4v) is 4.25. The van der Waals surface area contributed by atoms with Crippen LogP contribution >= 0.6 is 0 Å². The number of aliphatic hydroxyl groups excluding tert-OH is 1. The van der Waals surface area contributed by atoms with E-state index in [4.69, 9.17) is 4.74 Å². The van der Waals surface area contributed by atoms with E-state index in [0.717, 1.165) is 44.8 Å². The number of carbonyl (C=O) groups excluding carboxylic acids is 1. The van der Waals surface area contributed by atoms with Gasteiger partial charge in [0.2, 0.25) is 0 Å². The summed E-state index contributed by atoms with van der Waals surface area (Å²) in [6.45, 7) is 4.56. The van der Waals surface area contributed by atoms with Crippen LogP contribution in [0.5, 0.6) is 5.75 Å². The topological polar surface area (TPSA) is 65.0 Å². The smallest absolute Gasteiger partial charge is 0.251 e. The van der Waals surface area contributed by atoms with Crippen LogP contribution in [-0.2, 0) is 13.0 Å². The van der Waals surface area contributed by atoms with Gasteiger partial charge in [-0.3, -0.25) is 9.69 Å². The third kappa shape index (κ3) is 5.39. The monoisotopic (exact) mass is 409 g/mol. The Labute approximate surface area is 178 Å². The van der Waals surface area contributed by atoms with Crippen molar-refractivity contribution in [2.75, 3.05) is 39.8 Å². The van der Waals surface area contributed by atoms with Gasteiger partial charge in [0, 0.05) is 44.8 Å². The first-order valence-corrected chi connectivity index (χ1v) is 10.8. The predicted octanol–water partition coefficient (Wildman–Crippen LogP) is 1.92. The second kappa shape index (κ2) is 9.60. The summed E-state index contributed by atoms with van der Waals surface area (Å²) in [4.78, 5) is 16.9. The average molecular weight is 410 g/mol. The first-order chi connectivity index (χ1) is 14.6. The molecule has 2 aliphatic rings. The summed E-state index contributed by atoms with van der Waals surface area (Å²) < 4.78 is 5.97. The van der Waals surface area contributed by atoms with Gasteiger partial charge >= 0.3 is 0 Å². The van der Waals surface area contributed by atoms with E-state index in [-0.39, 0.29) is 18.6 Å². The van der Waals surface area contributed by atoms with E-state index in [9.17, 15) is 9.90 Å². The molecule has 1 amide bonds. The standard InChI is InChI=1S/C24H31N3O3/c1-26-12-11-23(17-26)30-22-8-6-19(7-9-22)24(29)25-14-21(28)16-27-13-10-18-4-2-3-5-20(18)15-27/h2-9,21,23,28H,10-17H2,1H3,(H,25,29). The van der Waals surface area contributed by atoms with E-state index < -0.39 is 6.10 Å². The van der Waals surface area contributed by atoms with Crippen molar-refractivity contribution < 1.29 is 14.6 Å². The SMILES string of the molecule is CN1CCC(Oc2ccc(C(=O)NCC(O)CN3CCc4ccccc4C3)cc2)C1. The first-order valence-electron chi connectivity index (χ1n) is 10.8. The minimum Gasteiger partial charge on any atom is -0.489 e. The highest BCUT2D eigenvalue weighted by Gasteiger charge is 2.21. The summed E-state index contributed by atoms with van der Waals surface area (Å²) in [7, 11) is 2.09. The Hall–Kier alpha value is -2.41. The molecule has 2 N–H and O–H groups in total. The molecule has 6 heteroatoms. The molecule has 4 rings (SSSR count). The Kier molecular flexibility index (Phi) is 6.67. The lowest BCUT2D eigenvalue weighted by Crippen LogP contribution is -2.42. The minimum atomic E-state index is -0.596. The number of nitrogens with zero attached hydrogens (tertiary/aromatic N) is 2. The quantitative estimate of drug-likeness (QED) is 0.732. The van der Waals surface area contributed by atoms with Gasteiger partial charge in [-0.1, -0.05) is 24.3 Å². The van der Waals surface area contributed by atoms with Crippen molar-refractivity contribution in [3.05, 3.63) is 65.2 Å². The number of carbonyl (C=O) groups is 1. The molecule has 0 bridgehead atoms. The number of fused-ring (bicyclic) bond motifs is 1. The van der Waals surface area contributed by atoms with Gasteiger partial charge in [0.1, 0.15) is 11.9 Å². The summed E-state index contributed by atoms with van der Waals surface area (Å²) in [6, 6.07) is 15.7. The Morgan fingerprint density at radius 3 is 2.67 bits per heavy atom. The van der Waals surface area contributed by atoms with Crippen LogP contribution in [0.25, 0.3) is 0 Å². The number of nitrogens with one attached hydrogen (secondary N) is 1. The lowest BCUT2D eigenvalue weighted by Gasteiger charge is -2.30. The largest absolute Gasteiger partial charge is 0.489 e. The molecule has 2 unspecified atom stereocenters. The lowest BCUT2D eigenvalue weighted by atomic mass is 10.00. The Balaban J connectivity index is 1.21. The molecule has 0 spiro atoms. The van der Waals surface area contributed by atoms with Crippen LogP contribution in [0.2, 0.25) is 0 Å². The second-order valence-corrected chi connectivity index (χ2v) is 8.43. The molecule has 30 heavy (non-hydrogen) atoms. The normalized spacial score (nSPS) is 20.5. The fourth-order valence-electron chi connectivity index (χ4n) is 4.25. The van der Waals surface area contributed by atoms with Crippen LogP contribution in [0.1, 0.15) is 27.9 Å². The van der Waals surface area contributed by atoms with Crippen LogP contribution in [0, 0.1) is 0 Å². The number of β-amino-alcohol motifs (C(OH)–C–C–N with tert-alkyl or cyclic N) is 1. The van der Waals surface area contributed by atoms with Crippen LogP contribution < -0.4 is 10.1 Å². The Bertz CT molecular complexity index is 855. The van der Waals surface area contributed by atoms with Crippen molar-refractivity contribution in [1.82, 2.24) is 15.1 Å². The maximum atomic E-state index is 12.4. The predicted molar refractivity (Wildman–Crippen MR) is 117 cm³/mol. The third-order valence-electron chi connectivity index (χ3n) is 5.94. The van der Waals surface area contributed by atoms with E-state index >= 15 is 0 Å². The van der Waals surface area contributed by atoms with Gasteiger partial charge < -0.3 is 20.1 Å². The van der Waals surface area contributed by atoms with Gasteiger partial charge in [-0.15, -0.1) is 0 Å². The number of benzene rings is 2. The Morgan fingerprint density at radius 1 is 1.17 bits per heavy atom. The maximum Gasteiger partial charge on any atom is 0.251 e.